The summed E-state index contributed by atoms with van der Waals surface area (Å²) in [6, 6.07) is 11.5. The first-order chi connectivity index (χ1) is 12.2. The van der Waals surface area contributed by atoms with Gasteiger partial charge in [0.15, 0.2) is 5.65 Å². The molecule has 3 heterocycles. The lowest BCUT2D eigenvalue weighted by molar-refractivity contribution is 0.0595. The number of nitrogens with zero attached hydrogens (tertiary/aromatic N) is 5. The topological polar surface area (TPSA) is 72.6 Å². The van der Waals surface area contributed by atoms with Gasteiger partial charge in [0.25, 0.3) is 5.91 Å². The molecule has 0 unspecified atom stereocenters. The average Bonchev–Trinajstić information content (AvgIpc) is 3.11. The second-order valence-corrected chi connectivity index (χ2v) is 6.32. The van der Waals surface area contributed by atoms with Crippen molar-refractivity contribution in [2.24, 2.45) is 0 Å². The molecule has 1 aliphatic rings. The molecule has 0 atom stereocenters. The van der Waals surface area contributed by atoms with Gasteiger partial charge in [-0.25, -0.2) is 4.52 Å². The Balaban J connectivity index is 1.37. The van der Waals surface area contributed by atoms with E-state index in [0.717, 1.165) is 18.6 Å². The molecular formula is C18H19N5O2. The zero-order chi connectivity index (χ0) is 17.2. The number of piperidine rings is 1. The SMILES string of the molecule is Cc1ccc(OC2CCN(C(=O)c3ccn4nnnc4c3)CC2)cc1. The van der Waals surface area contributed by atoms with Crippen LogP contribution in [0.3, 0.4) is 0 Å². The highest BCUT2D eigenvalue weighted by Crippen LogP contribution is 2.20. The zero-order valence-electron chi connectivity index (χ0n) is 14.0. The number of benzene rings is 1. The summed E-state index contributed by atoms with van der Waals surface area (Å²) in [4.78, 5) is 14.5. The molecule has 0 bridgehead atoms. The van der Waals surface area contributed by atoms with Crippen LogP contribution in [0.1, 0.15) is 28.8 Å². The molecule has 7 nitrogen and oxygen atoms in total. The summed E-state index contributed by atoms with van der Waals surface area (Å²) in [7, 11) is 0. The summed E-state index contributed by atoms with van der Waals surface area (Å²) in [5.74, 6) is 0.902. The standard InChI is InChI=1S/C18H19N5O2/c1-13-2-4-15(5-3-13)25-16-7-9-22(10-8-16)18(24)14-6-11-23-17(12-14)19-20-21-23/h2-6,11-12,16H,7-10H2,1H3. The third-order valence-electron chi connectivity index (χ3n) is 4.50. The first-order valence-corrected chi connectivity index (χ1v) is 8.39. The van der Waals surface area contributed by atoms with Crippen molar-refractivity contribution in [1.29, 1.82) is 0 Å². The minimum atomic E-state index is 0.0132. The smallest absolute Gasteiger partial charge is 0.254 e. The molecule has 0 spiro atoms. The third kappa shape index (κ3) is 3.31. The number of fused-ring (bicyclic) bond motifs is 1. The number of likely N-dealkylation sites (tertiary alicyclic amines) is 1. The van der Waals surface area contributed by atoms with Gasteiger partial charge in [-0.05, 0) is 41.6 Å². The van der Waals surface area contributed by atoms with Crippen molar-refractivity contribution in [2.45, 2.75) is 25.9 Å². The number of pyridine rings is 1. The Bertz CT molecular complexity index is 882. The number of rotatable bonds is 3. The van der Waals surface area contributed by atoms with E-state index in [2.05, 4.69) is 22.4 Å². The molecular weight excluding hydrogens is 318 g/mol. The van der Waals surface area contributed by atoms with Crippen LogP contribution in [-0.4, -0.2) is 50.0 Å². The Labute approximate surface area is 145 Å². The summed E-state index contributed by atoms with van der Waals surface area (Å²) >= 11 is 0. The number of carbonyl (C=O) groups excluding carboxylic acids is 1. The van der Waals surface area contributed by atoms with E-state index in [0.29, 0.717) is 24.3 Å². The average molecular weight is 337 g/mol. The molecule has 7 heteroatoms. The molecule has 0 radical (unpaired) electrons. The first-order valence-electron chi connectivity index (χ1n) is 8.39. The van der Waals surface area contributed by atoms with Gasteiger partial charge in [0.05, 0.1) is 0 Å². The number of tetrazole rings is 1. The quantitative estimate of drug-likeness (QED) is 0.732. The predicted molar refractivity (Wildman–Crippen MR) is 91.5 cm³/mol. The summed E-state index contributed by atoms with van der Waals surface area (Å²) in [6.45, 7) is 3.43. The minimum Gasteiger partial charge on any atom is -0.490 e. The number of aryl methyl sites for hydroxylation is 1. The van der Waals surface area contributed by atoms with Crippen LogP contribution in [-0.2, 0) is 0 Å². The van der Waals surface area contributed by atoms with Crippen molar-refractivity contribution in [3.8, 4) is 5.75 Å². The van der Waals surface area contributed by atoms with Crippen LogP contribution in [0.5, 0.6) is 5.75 Å². The maximum atomic E-state index is 12.7. The van der Waals surface area contributed by atoms with Gasteiger partial charge >= 0.3 is 0 Å². The van der Waals surface area contributed by atoms with Crippen molar-refractivity contribution in [3.63, 3.8) is 0 Å². The van der Waals surface area contributed by atoms with Gasteiger partial charge in [0.1, 0.15) is 11.9 Å². The van der Waals surface area contributed by atoms with Crippen molar-refractivity contribution < 1.29 is 9.53 Å². The third-order valence-corrected chi connectivity index (χ3v) is 4.50. The van der Waals surface area contributed by atoms with Gasteiger partial charge in [-0.15, -0.1) is 5.10 Å². The Morgan fingerprint density at radius 3 is 2.68 bits per heavy atom. The first kappa shape index (κ1) is 15.6. The summed E-state index contributed by atoms with van der Waals surface area (Å²) in [5, 5.41) is 11.3. The second kappa shape index (κ2) is 6.51. The van der Waals surface area contributed by atoms with Gasteiger partial charge in [0, 0.05) is 37.7 Å². The van der Waals surface area contributed by atoms with Gasteiger partial charge in [-0.1, -0.05) is 17.7 Å². The van der Waals surface area contributed by atoms with E-state index in [-0.39, 0.29) is 12.0 Å². The van der Waals surface area contributed by atoms with E-state index < -0.39 is 0 Å². The molecule has 1 aromatic carbocycles. The van der Waals surface area contributed by atoms with Gasteiger partial charge in [-0.3, -0.25) is 4.79 Å². The van der Waals surface area contributed by atoms with Crippen LogP contribution in [0.4, 0.5) is 0 Å². The normalized spacial score (nSPS) is 15.5. The molecule has 3 aromatic rings. The fourth-order valence-corrected chi connectivity index (χ4v) is 3.04. The van der Waals surface area contributed by atoms with Crippen molar-refractivity contribution in [1.82, 2.24) is 24.9 Å². The maximum Gasteiger partial charge on any atom is 0.254 e. The van der Waals surface area contributed by atoms with E-state index in [1.54, 1.807) is 22.8 Å². The maximum absolute atomic E-state index is 12.7. The second-order valence-electron chi connectivity index (χ2n) is 6.32. The number of ether oxygens (including phenoxy) is 1. The summed E-state index contributed by atoms with van der Waals surface area (Å²) < 4.78 is 7.56. The van der Waals surface area contributed by atoms with E-state index in [4.69, 9.17) is 4.74 Å². The van der Waals surface area contributed by atoms with E-state index in [1.165, 1.54) is 5.56 Å². The Morgan fingerprint density at radius 1 is 1.16 bits per heavy atom. The lowest BCUT2D eigenvalue weighted by Gasteiger charge is -2.32. The fraction of sp³-hybridized carbons (Fsp3) is 0.333. The highest BCUT2D eigenvalue weighted by molar-refractivity contribution is 5.95. The molecule has 1 saturated heterocycles. The fourth-order valence-electron chi connectivity index (χ4n) is 3.04. The number of hydrogen-bond acceptors (Lipinski definition) is 5. The molecule has 0 N–H and O–H groups in total. The molecule has 0 saturated carbocycles. The molecule has 1 fully saturated rings. The monoisotopic (exact) mass is 337 g/mol. The largest absolute Gasteiger partial charge is 0.490 e. The van der Waals surface area contributed by atoms with E-state index in [1.807, 2.05) is 29.2 Å². The Hall–Kier alpha value is -2.96. The molecule has 2 aromatic heterocycles. The number of aromatic nitrogens is 4. The van der Waals surface area contributed by atoms with Crippen LogP contribution < -0.4 is 4.74 Å². The number of amides is 1. The van der Waals surface area contributed by atoms with Crippen LogP contribution in [0.15, 0.2) is 42.6 Å². The number of carbonyl (C=O) groups is 1. The van der Waals surface area contributed by atoms with Crippen LogP contribution in [0.25, 0.3) is 5.65 Å². The van der Waals surface area contributed by atoms with Gasteiger partial charge in [0.2, 0.25) is 0 Å². The molecule has 1 amide bonds. The summed E-state index contributed by atoms with van der Waals surface area (Å²) in [6.07, 6.45) is 3.51. The highest BCUT2D eigenvalue weighted by atomic mass is 16.5. The predicted octanol–water partition coefficient (Wildman–Crippen LogP) is 2.12. The van der Waals surface area contributed by atoms with Gasteiger partial charge < -0.3 is 9.64 Å². The highest BCUT2D eigenvalue weighted by Gasteiger charge is 2.25. The van der Waals surface area contributed by atoms with Crippen LogP contribution >= 0.6 is 0 Å². The molecule has 25 heavy (non-hydrogen) atoms. The van der Waals surface area contributed by atoms with Crippen molar-refractivity contribution in [3.05, 3.63) is 53.7 Å². The number of hydrogen-bond donors (Lipinski definition) is 0. The van der Waals surface area contributed by atoms with Crippen molar-refractivity contribution >= 4 is 11.6 Å². The van der Waals surface area contributed by atoms with Crippen LogP contribution in [0.2, 0.25) is 0 Å². The minimum absolute atomic E-state index is 0.0132. The Morgan fingerprint density at radius 2 is 1.92 bits per heavy atom. The molecule has 0 aliphatic carbocycles. The lowest BCUT2D eigenvalue weighted by atomic mass is 10.1. The summed E-state index contributed by atoms with van der Waals surface area (Å²) in [5.41, 5.74) is 2.40. The Kier molecular flexibility index (Phi) is 4.05. The van der Waals surface area contributed by atoms with Crippen LogP contribution in [0, 0.1) is 6.92 Å². The van der Waals surface area contributed by atoms with Crippen molar-refractivity contribution in [2.75, 3.05) is 13.1 Å². The lowest BCUT2D eigenvalue weighted by Crippen LogP contribution is -2.41. The molecule has 4 rings (SSSR count). The van der Waals surface area contributed by atoms with E-state index in [9.17, 15) is 4.79 Å². The molecule has 128 valence electrons. The van der Waals surface area contributed by atoms with Gasteiger partial charge in [-0.2, -0.15) is 0 Å². The van der Waals surface area contributed by atoms with E-state index >= 15 is 0 Å². The zero-order valence-corrected chi connectivity index (χ0v) is 14.0. The molecule has 1 aliphatic heterocycles.